The maximum absolute atomic E-state index is 13.1. The number of hydrogen-bond acceptors (Lipinski definition) is 5. The molecule has 0 aromatic carbocycles. The van der Waals surface area contributed by atoms with Crippen LogP contribution in [0.3, 0.4) is 0 Å². The molecule has 0 aliphatic heterocycles. The van der Waals surface area contributed by atoms with E-state index in [1.807, 2.05) is 27.2 Å². The van der Waals surface area contributed by atoms with Crippen molar-refractivity contribution in [3.8, 4) is 0 Å². The van der Waals surface area contributed by atoms with Gasteiger partial charge in [-0.3, -0.25) is 13.8 Å². The van der Waals surface area contributed by atoms with Crippen LogP contribution in [0.15, 0.2) is 122 Å². The van der Waals surface area contributed by atoms with Crippen LogP contribution in [-0.4, -0.2) is 73.4 Å². The molecule has 0 aliphatic rings. The van der Waals surface area contributed by atoms with Crippen LogP contribution in [0.4, 0.5) is 0 Å². The van der Waals surface area contributed by atoms with Crippen molar-refractivity contribution >= 4 is 13.7 Å². The molecule has 3 N–H and O–H groups in total. The topological polar surface area (TPSA) is 105 Å². The number of likely N-dealkylation sites (N-methyl/N-ethyl adjacent to an activating group) is 1. The molecule has 0 aliphatic carbocycles. The van der Waals surface area contributed by atoms with E-state index in [4.69, 9.17) is 9.05 Å². The number of phosphoric acid groups is 1. The third-order valence-electron chi connectivity index (χ3n) is 17.4. The Kier molecular flexibility index (Phi) is 70.7. The van der Waals surface area contributed by atoms with E-state index in [-0.39, 0.29) is 19.1 Å². The van der Waals surface area contributed by atoms with E-state index >= 15 is 0 Å². The van der Waals surface area contributed by atoms with Gasteiger partial charge in [-0.1, -0.05) is 379 Å². The van der Waals surface area contributed by atoms with E-state index in [1.54, 1.807) is 6.08 Å². The van der Waals surface area contributed by atoms with Crippen molar-refractivity contribution in [1.82, 2.24) is 5.32 Å². The van der Waals surface area contributed by atoms with Gasteiger partial charge < -0.3 is 19.8 Å². The number of allylic oxidation sites excluding steroid dienone is 19. The third-order valence-corrected chi connectivity index (χ3v) is 18.4. The maximum atomic E-state index is 13.1. The average molecular weight is 1320 g/mol. The Hall–Kier alpha value is -3.10. The van der Waals surface area contributed by atoms with E-state index < -0.39 is 20.0 Å². The lowest BCUT2D eigenvalue weighted by atomic mass is 10.0. The molecule has 1 amide bonds. The fraction of sp³-hybridized carbons (Fsp3) is 0.750. The molecule has 3 unspecified atom stereocenters. The van der Waals surface area contributed by atoms with Crippen molar-refractivity contribution in [2.45, 2.75) is 366 Å². The Labute approximate surface area is 577 Å². The zero-order valence-electron chi connectivity index (χ0n) is 61.7. The highest BCUT2D eigenvalue weighted by Crippen LogP contribution is 2.43. The smallest absolute Gasteiger partial charge is 0.387 e. The quantitative estimate of drug-likeness (QED) is 0.0243. The van der Waals surface area contributed by atoms with Gasteiger partial charge in [-0.15, -0.1) is 0 Å². The van der Waals surface area contributed by atoms with Crippen molar-refractivity contribution in [3.63, 3.8) is 0 Å². The minimum Gasteiger partial charge on any atom is -0.387 e. The molecule has 0 spiro atoms. The van der Waals surface area contributed by atoms with Gasteiger partial charge in [0, 0.05) is 6.42 Å². The minimum atomic E-state index is -4.37. The second kappa shape index (κ2) is 73.2. The van der Waals surface area contributed by atoms with E-state index in [1.165, 1.54) is 238 Å². The van der Waals surface area contributed by atoms with E-state index in [2.05, 4.69) is 129 Å². The number of carbonyl (C=O) groups excluding carboxylic acids is 1. The summed E-state index contributed by atoms with van der Waals surface area (Å²) in [6, 6.07) is -0.858. The van der Waals surface area contributed by atoms with Crippen LogP contribution in [0.25, 0.3) is 0 Å². The van der Waals surface area contributed by atoms with Crippen molar-refractivity contribution in [2.75, 3.05) is 40.9 Å². The van der Waals surface area contributed by atoms with Crippen molar-refractivity contribution in [3.05, 3.63) is 122 Å². The molecule has 3 atom stereocenters. The second-order valence-corrected chi connectivity index (χ2v) is 29.2. The monoisotopic (exact) mass is 1320 g/mol. The maximum Gasteiger partial charge on any atom is 0.472 e. The molecule has 0 heterocycles. The summed E-state index contributed by atoms with van der Waals surface area (Å²) in [5.74, 6) is -0.180. The fourth-order valence-corrected chi connectivity index (χ4v) is 12.1. The van der Waals surface area contributed by atoms with E-state index in [9.17, 15) is 19.4 Å². The molecule has 0 saturated heterocycles. The number of amides is 1. The van der Waals surface area contributed by atoms with Gasteiger partial charge in [-0.05, 0) is 89.9 Å². The lowest BCUT2D eigenvalue weighted by Crippen LogP contribution is -2.45. The number of aliphatic hydroxyl groups excluding tert-OH is 1. The SMILES string of the molecule is CC/C=C\C/C=C\C/C=C\C/C=C\C/C=C\C/C=C\C/C=C\C/C=C\C/C=C\CCCCCCCCCCCCCC(=O)NC(COP(=O)(O)OCC[N+](C)(C)C)C(O)/C=C/CCCCCCCCCCCCCCCCCCCCCCCCCCCCCCCC. The lowest BCUT2D eigenvalue weighted by molar-refractivity contribution is -0.870. The number of aliphatic hydroxyl groups is 1. The van der Waals surface area contributed by atoms with E-state index in [0.717, 1.165) is 96.3 Å². The van der Waals surface area contributed by atoms with Gasteiger partial charge in [0.1, 0.15) is 13.2 Å². The molecule has 0 aromatic heterocycles. The van der Waals surface area contributed by atoms with E-state index in [0.29, 0.717) is 17.4 Å². The van der Waals surface area contributed by atoms with Crippen LogP contribution in [0.5, 0.6) is 0 Å². The molecule has 93 heavy (non-hydrogen) atoms. The Morgan fingerprint density at radius 3 is 0.946 bits per heavy atom. The van der Waals surface area contributed by atoms with Crippen LogP contribution < -0.4 is 5.32 Å². The number of nitrogens with one attached hydrogen (secondary N) is 1. The fourth-order valence-electron chi connectivity index (χ4n) is 11.4. The summed E-state index contributed by atoms with van der Waals surface area (Å²) in [6.45, 7) is 4.73. The van der Waals surface area contributed by atoms with Gasteiger partial charge in [0.2, 0.25) is 5.91 Å². The Bertz CT molecular complexity index is 1940. The first-order chi connectivity index (χ1) is 45.5. The summed E-state index contributed by atoms with van der Waals surface area (Å²) in [7, 11) is 1.57. The first-order valence-corrected chi connectivity index (χ1v) is 40.9. The molecule has 8 nitrogen and oxygen atoms in total. The van der Waals surface area contributed by atoms with Gasteiger partial charge in [0.25, 0.3) is 0 Å². The minimum absolute atomic E-state index is 0.0568. The Balaban J connectivity index is 4.05. The first-order valence-electron chi connectivity index (χ1n) is 39.4. The van der Waals surface area contributed by atoms with Crippen molar-refractivity contribution < 1.29 is 32.9 Å². The molecule has 9 heteroatoms. The standard InChI is InChI=1S/C84H151N2O6P/c1-6-8-10-12-14-16-18-20-22-24-26-28-30-32-34-36-38-40-41-42-43-44-45-46-48-50-52-54-56-58-60-62-64-66-68-70-72-74-76-78-84(88)85-82(81-92-93(89,90)91-80-79-86(3,4)5)83(87)77-75-73-71-69-67-65-63-61-59-57-55-53-51-49-47-39-37-35-33-31-29-27-25-23-21-19-17-15-13-11-9-7-2/h8,10,14,16,20,22,26,28,32,34,38,40,42-43,45-46,50,52,75,77,82-83,87H,6-7,9,11-13,15,17-19,21,23-25,27,29-31,33,35-37,39,41,44,47-49,51,53-74,76,78-81H2,1-5H3,(H-,85,88,89,90)/p+1/b10-8-,16-14-,22-20-,28-26-,34-32-,40-38-,43-42-,46-45-,52-50-,77-75+. The van der Waals surface area contributed by atoms with Gasteiger partial charge in [-0.2, -0.15) is 0 Å². The molecule has 0 fully saturated rings. The lowest BCUT2D eigenvalue weighted by Gasteiger charge is -2.25. The number of rotatable bonds is 72. The summed E-state index contributed by atoms with van der Waals surface area (Å²) in [4.78, 5) is 23.5. The molecule has 0 radical (unpaired) electrons. The summed E-state index contributed by atoms with van der Waals surface area (Å²) in [5, 5.41) is 14.1. The van der Waals surface area contributed by atoms with Crippen LogP contribution >= 0.6 is 7.82 Å². The highest BCUT2D eigenvalue weighted by Gasteiger charge is 2.28. The highest BCUT2D eigenvalue weighted by atomic mass is 31.2. The molecule has 538 valence electrons. The molecular weight excluding hydrogens is 1160 g/mol. The summed E-state index contributed by atoms with van der Waals surface area (Å²) in [5.41, 5.74) is 0. The molecule has 0 bridgehead atoms. The Morgan fingerprint density at radius 1 is 0.376 bits per heavy atom. The summed E-state index contributed by atoms with van der Waals surface area (Å²) >= 11 is 0. The third kappa shape index (κ3) is 76.1. The zero-order valence-corrected chi connectivity index (χ0v) is 62.6. The number of quaternary nitrogens is 1. The van der Waals surface area contributed by atoms with Crippen molar-refractivity contribution in [1.29, 1.82) is 0 Å². The normalized spacial score (nSPS) is 14.2. The number of phosphoric ester groups is 1. The van der Waals surface area contributed by atoms with Crippen LogP contribution in [-0.2, 0) is 18.4 Å². The van der Waals surface area contributed by atoms with Crippen molar-refractivity contribution in [2.24, 2.45) is 0 Å². The molecule has 0 saturated carbocycles. The van der Waals surface area contributed by atoms with Gasteiger partial charge >= 0.3 is 7.82 Å². The second-order valence-electron chi connectivity index (χ2n) is 27.7. The van der Waals surface area contributed by atoms with Gasteiger partial charge in [0.05, 0.1) is 39.9 Å². The van der Waals surface area contributed by atoms with Crippen LogP contribution in [0.2, 0.25) is 0 Å². The number of nitrogens with zero attached hydrogens (tertiary/aromatic N) is 1. The van der Waals surface area contributed by atoms with Crippen LogP contribution in [0.1, 0.15) is 354 Å². The number of carbonyl (C=O) groups is 1. The largest absolute Gasteiger partial charge is 0.472 e. The predicted molar refractivity (Wildman–Crippen MR) is 410 cm³/mol. The number of unbranched alkanes of at least 4 members (excludes halogenated alkanes) is 41. The van der Waals surface area contributed by atoms with Gasteiger partial charge in [0.15, 0.2) is 0 Å². The zero-order chi connectivity index (χ0) is 67.6. The summed E-state index contributed by atoms with van der Waals surface area (Å²) < 4.78 is 23.9. The average Bonchev–Trinajstić information content (AvgIpc) is 1.94. The van der Waals surface area contributed by atoms with Crippen LogP contribution in [0, 0.1) is 0 Å². The number of hydrogen-bond donors (Lipinski definition) is 3. The first kappa shape index (κ1) is 89.9. The molecule has 0 aromatic rings. The highest BCUT2D eigenvalue weighted by molar-refractivity contribution is 7.47. The molecule has 0 rings (SSSR count). The van der Waals surface area contributed by atoms with Gasteiger partial charge in [-0.25, -0.2) is 4.57 Å². The molecular formula is C84H152N2O6P+. The predicted octanol–water partition coefficient (Wildman–Crippen LogP) is 25.9. The summed E-state index contributed by atoms with van der Waals surface area (Å²) in [6.07, 6.45) is 109. The Morgan fingerprint density at radius 2 is 0.645 bits per heavy atom.